The van der Waals surface area contributed by atoms with E-state index in [0.29, 0.717) is 11.1 Å². The van der Waals surface area contributed by atoms with Crippen molar-refractivity contribution in [3.63, 3.8) is 0 Å². The van der Waals surface area contributed by atoms with Crippen LogP contribution in [0.5, 0.6) is 5.75 Å². The number of hydrogen-bond acceptors (Lipinski definition) is 10. The van der Waals surface area contributed by atoms with E-state index in [0.717, 1.165) is 6.07 Å². The summed E-state index contributed by atoms with van der Waals surface area (Å²) in [6.07, 6.45) is -3.65. The summed E-state index contributed by atoms with van der Waals surface area (Å²) >= 11 is 12.5. The molecule has 1 heterocycles. The second-order valence-corrected chi connectivity index (χ2v) is 10.6. The van der Waals surface area contributed by atoms with Crippen LogP contribution in [-0.2, 0) is 19.6 Å². The Morgan fingerprint density at radius 2 is 1.72 bits per heavy atom. The minimum Gasteiger partial charge on any atom is -0.744 e. The molecule has 4 N–H and O–H groups in total. The molecule has 1 saturated heterocycles. The maximum Gasteiger partial charge on any atom is 1.00 e. The Kier molecular flexibility index (Phi) is 10.6. The van der Waals surface area contributed by atoms with Gasteiger partial charge in [-0.3, -0.25) is 4.79 Å². The van der Waals surface area contributed by atoms with Crippen molar-refractivity contribution < 1.29 is 77.2 Å². The van der Waals surface area contributed by atoms with Crippen LogP contribution in [0.15, 0.2) is 76.2 Å². The molecule has 2 aromatic carbocycles. The van der Waals surface area contributed by atoms with Crippen LogP contribution in [0.2, 0.25) is 5.02 Å². The third kappa shape index (κ3) is 6.84. The minimum absolute atomic E-state index is 0. The van der Waals surface area contributed by atoms with Gasteiger partial charge >= 0.3 is 29.6 Å². The Balaban J connectivity index is 0.00000420. The molecule has 0 spiro atoms. The van der Waals surface area contributed by atoms with E-state index in [-0.39, 0.29) is 56.5 Å². The van der Waals surface area contributed by atoms with Crippen molar-refractivity contribution in [2.45, 2.75) is 35.6 Å². The van der Waals surface area contributed by atoms with Gasteiger partial charge in [0.1, 0.15) is 40.3 Å². The Labute approximate surface area is 255 Å². The molecular formula is C25H21Cl2NaO10S. The van der Waals surface area contributed by atoms with Gasteiger partial charge in [-0.25, -0.2) is 8.42 Å². The van der Waals surface area contributed by atoms with Gasteiger partial charge in [0.25, 0.3) is 0 Å². The van der Waals surface area contributed by atoms with Crippen LogP contribution in [0.4, 0.5) is 0 Å². The third-order valence-electron chi connectivity index (χ3n) is 5.96. The molecule has 5 atom stereocenters. The van der Waals surface area contributed by atoms with Crippen molar-refractivity contribution in [1.29, 1.82) is 0 Å². The summed E-state index contributed by atoms with van der Waals surface area (Å²) in [5.74, 6) is -0.474. The summed E-state index contributed by atoms with van der Waals surface area (Å²) < 4.78 is 47.0. The molecule has 10 nitrogen and oxygen atoms in total. The Bertz CT molecular complexity index is 1450. The van der Waals surface area contributed by atoms with Crippen molar-refractivity contribution in [2.24, 2.45) is 0 Å². The van der Waals surface area contributed by atoms with Gasteiger partial charge in [-0.2, -0.15) is 0 Å². The average Bonchev–Trinajstić information content (AvgIpc) is 2.87. The molecule has 0 saturated carbocycles. The summed E-state index contributed by atoms with van der Waals surface area (Å²) in [6.45, 7) is -0.650. The van der Waals surface area contributed by atoms with E-state index in [9.17, 15) is 38.2 Å². The molecule has 1 aliphatic carbocycles. The molecule has 2 aliphatic rings. The molecule has 4 rings (SSSR count). The van der Waals surface area contributed by atoms with E-state index >= 15 is 0 Å². The largest absolute Gasteiger partial charge is 1.00 e. The van der Waals surface area contributed by atoms with E-state index in [1.165, 1.54) is 54.6 Å². The molecule has 1 aliphatic heterocycles. The molecule has 14 heteroatoms. The number of benzene rings is 2. The summed E-state index contributed by atoms with van der Waals surface area (Å²) in [6, 6.07) is 9.74. The van der Waals surface area contributed by atoms with E-state index in [2.05, 4.69) is 0 Å². The van der Waals surface area contributed by atoms with E-state index in [1.54, 1.807) is 0 Å². The van der Waals surface area contributed by atoms with E-state index in [1.807, 2.05) is 0 Å². The van der Waals surface area contributed by atoms with Crippen LogP contribution >= 0.6 is 23.2 Å². The molecule has 0 radical (unpaired) electrons. The normalized spacial score (nSPS) is 26.5. The Morgan fingerprint density at radius 1 is 1.03 bits per heavy atom. The summed E-state index contributed by atoms with van der Waals surface area (Å²) in [5.41, 5.74) is 0.908. The van der Waals surface area contributed by atoms with Gasteiger partial charge in [0, 0.05) is 5.56 Å². The molecule has 2 aromatic rings. The second kappa shape index (κ2) is 12.9. The predicted octanol–water partition coefficient (Wildman–Crippen LogP) is -1.51. The second-order valence-electron chi connectivity index (χ2n) is 8.43. The van der Waals surface area contributed by atoms with Crippen LogP contribution in [0.3, 0.4) is 0 Å². The zero-order valence-electron chi connectivity index (χ0n) is 20.3. The summed E-state index contributed by atoms with van der Waals surface area (Å²) in [5, 5.41) is 39.4. The fourth-order valence-electron chi connectivity index (χ4n) is 4.07. The number of carbonyl (C=O) groups is 1. The molecule has 202 valence electrons. The molecule has 39 heavy (non-hydrogen) atoms. The number of aliphatic hydroxyl groups is 4. The zero-order chi connectivity index (χ0) is 27.8. The molecule has 0 unspecified atom stereocenters. The van der Waals surface area contributed by atoms with Crippen molar-refractivity contribution >= 4 is 44.7 Å². The number of rotatable bonds is 6. The fourth-order valence-corrected chi connectivity index (χ4v) is 5.16. The standard InChI is InChI=1S/C25H22Cl2O10S.Na/c26-15-9-12(5-7-17(15)29)21(14-3-1-2-4-20(14)38(33,34)35)13-6-8-18(16(27)10-13)36-25-24(32)23(31)22(30)19(11-28)37-25;/h1-10,19,22-25,28,30-32H,11H2,(H,33,34,35);/q;+1/p-1/b21-12-;/t19-,22-,23-,24-,25+;/m0./s1. The van der Waals surface area contributed by atoms with Crippen LogP contribution in [-0.4, -0.2) is 76.5 Å². The number of aliphatic hydroxyl groups excluding tert-OH is 4. The van der Waals surface area contributed by atoms with Crippen LogP contribution in [0, 0.1) is 0 Å². The van der Waals surface area contributed by atoms with Crippen molar-refractivity contribution in [3.05, 3.63) is 87.4 Å². The Morgan fingerprint density at radius 3 is 2.33 bits per heavy atom. The Hall–Kier alpha value is -1.58. The molecule has 0 amide bonds. The van der Waals surface area contributed by atoms with Gasteiger partial charge in [0.2, 0.25) is 6.29 Å². The summed E-state index contributed by atoms with van der Waals surface area (Å²) in [7, 11) is -4.91. The SMILES string of the molecule is O=C1C=C/C(=C(\c2ccc(O[C@@H]3O[C@@H](CO)[C@H](O)[C@H](O)[C@@H]3O)c(Cl)c2)c2ccccc2S(=O)(=O)[O-])C=C1Cl.[Na+]. The van der Waals surface area contributed by atoms with E-state index < -0.39 is 58.1 Å². The van der Waals surface area contributed by atoms with Gasteiger partial charge < -0.3 is 34.5 Å². The smallest absolute Gasteiger partial charge is 0.744 e. The number of allylic oxidation sites excluding steroid dienone is 5. The van der Waals surface area contributed by atoms with Gasteiger partial charge in [-0.05, 0) is 47.1 Å². The van der Waals surface area contributed by atoms with Gasteiger partial charge in [0.15, 0.2) is 5.78 Å². The topological polar surface area (TPSA) is 174 Å². The van der Waals surface area contributed by atoms with Gasteiger partial charge in [-0.15, -0.1) is 0 Å². The molecular weight excluding hydrogens is 586 g/mol. The third-order valence-corrected chi connectivity index (χ3v) is 7.44. The van der Waals surface area contributed by atoms with Crippen LogP contribution < -0.4 is 34.3 Å². The molecule has 0 bridgehead atoms. The van der Waals surface area contributed by atoms with Crippen molar-refractivity contribution in [3.8, 4) is 5.75 Å². The molecule has 0 aromatic heterocycles. The van der Waals surface area contributed by atoms with Crippen molar-refractivity contribution in [2.75, 3.05) is 6.61 Å². The first-order valence-electron chi connectivity index (χ1n) is 11.1. The first-order chi connectivity index (χ1) is 17.9. The van der Waals surface area contributed by atoms with Crippen LogP contribution in [0.25, 0.3) is 5.57 Å². The number of ketones is 1. The quantitative estimate of drug-likeness (QED) is 0.223. The van der Waals surface area contributed by atoms with Gasteiger partial charge in [-0.1, -0.05) is 53.5 Å². The first kappa shape index (κ1) is 31.9. The minimum atomic E-state index is -4.91. The summed E-state index contributed by atoms with van der Waals surface area (Å²) in [4.78, 5) is 11.4. The van der Waals surface area contributed by atoms with Gasteiger partial charge in [0.05, 0.1) is 21.6 Å². The maximum atomic E-state index is 12.0. The van der Waals surface area contributed by atoms with Crippen LogP contribution in [0.1, 0.15) is 11.1 Å². The number of carbonyl (C=O) groups excluding carboxylic acids is 1. The number of hydrogen-bond donors (Lipinski definition) is 4. The average molecular weight is 607 g/mol. The van der Waals surface area contributed by atoms with Crippen molar-refractivity contribution in [1.82, 2.24) is 0 Å². The molecule has 1 fully saturated rings. The monoisotopic (exact) mass is 606 g/mol. The zero-order valence-corrected chi connectivity index (χ0v) is 24.6. The predicted molar refractivity (Wildman–Crippen MR) is 134 cm³/mol. The fraction of sp³-hybridized carbons (Fsp3) is 0.240. The number of halogens is 2. The first-order valence-corrected chi connectivity index (χ1v) is 13.2. The van der Waals surface area contributed by atoms with E-state index in [4.69, 9.17) is 32.7 Å². The number of ether oxygens (including phenoxy) is 2. The maximum absolute atomic E-state index is 12.0.